The molecule has 1 aromatic rings. The lowest BCUT2D eigenvalue weighted by molar-refractivity contribution is 0.270. The Morgan fingerprint density at radius 1 is 1.70 bits per heavy atom. The molecule has 0 fully saturated rings. The largest absolute Gasteiger partial charge is 0.309 e. The molecule has 2 nitrogen and oxygen atoms in total. The van der Waals surface area contributed by atoms with Crippen LogP contribution in [-0.4, -0.2) is 5.24 Å². The summed E-state index contributed by atoms with van der Waals surface area (Å²) >= 11 is 10.4. The molecule has 0 unspecified atom stereocenters. The second-order valence-electron chi connectivity index (χ2n) is 1.53. The highest BCUT2D eigenvalue weighted by atomic mass is 35.5. The van der Waals surface area contributed by atoms with Gasteiger partial charge in [0, 0.05) is 0 Å². The third-order valence-electron chi connectivity index (χ3n) is 0.803. The number of halogens is 1. The van der Waals surface area contributed by atoms with Crippen molar-refractivity contribution in [2.24, 2.45) is 0 Å². The molecule has 5 heteroatoms. The summed E-state index contributed by atoms with van der Waals surface area (Å²) in [5, 5.41) is 2.82. The first-order valence-corrected chi connectivity index (χ1v) is 4.08. The van der Waals surface area contributed by atoms with Gasteiger partial charge in [-0.05, 0) is 12.1 Å². The number of thiol groups is 1. The number of carbonyl (C=O) groups excluding carboxylic acids is 1. The van der Waals surface area contributed by atoms with Gasteiger partial charge < -0.3 is 5.32 Å². The molecule has 0 bridgehead atoms. The Balaban J connectivity index is 2.67. The minimum atomic E-state index is -0.376. The van der Waals surface area contributed by atoms with E-state index in [0.717, 1.165) is 0 Å². The molecule has 0 aromatic carbocycles. The van der Waals surface area contributed by atoms with Crippen LogP contribution >= 0.6 is 35.6 Å². The van der Waals surface area contributed by atoms with Gasteiger partial charge in [-0.15, -0.1) is 11.3 Å². The first kappa shape index (κ1) is 7.91. The second kappa shape index (κ2) is 3.27. The number of anilines is 1. The Hall–Kier alpha value is -0.190. The summed E-state index contributed by atoms with van der Waals surface area (Å²) in [7, 11) is 0. The number of hydrogen-bond acceptors (Lipinski definition) is 2. The van der Waals surface area contributed by atoms with Crippen molar-refractivity contribution in [3.8, 4) is 0 Å². The van der Waals surface area contributed by atoms with Gasteiger partial charge in [0.25, 0.3) is 5.24 Å². The summed E-state index contributed by atoms with van der Waals surface area (Å²) in [4.78, 5) is 10.3. The molecule has 0 aliphatic rings. The van der Waals surface area contributed by atoms with Crippen molar-refractivity contribution in [1.82, 2.24) is 0 Å². The summed E-state index contributed by atoms with van der Waals surface area (Å²) < 4.78 is 0.650. The fourth-order valence-electron chi connectivity index (χ4n) is 0.487. The van der Waals surface area contributed by atoms with E-state index in [9.17, 15) is 4.79 Å². The Morgan fingerprint density at radius 3 is 2.80 bits per heavy atom. The smallest absolute Gasteiger partial charge is 0.280 e. The van der Waals surface area contributed by atoms with Gasteiger partial charge >= 0.3 is 0 Å². The predicted octanol–water partition coefficient (Wildman–Crippen LogP) is 2.86. The zero-order valence-electron chi connectivity index (χ0n) is 4.80. The van der Waals surface area contributed by atoms with Crippen LogP contribution in [0.5, 0.6) is 0 Å². The quantitative estimate of drug-likeness (QED) is 0.660. The molecule has 1 amide bonds. The summed E-state index contributed by atoms with van der Waals surface area (Å²) in [5.74, 6) is 0. The number of rotatable bonds is 1. The van der Waals surface area contributed by atoms with Gasteiger partial charge in [0.15, 0.2) is 0 Å². The minimum absolute atomic E-state index is 0.376. The molecule has 0 aliphatic heterocycles. The average molecular weight is 194 g/mol. The number of nitrogens with one attached hydrogen (secondary N) is 1. The van der Waals surface area contributed by atoms with E-state index in [1.54, 1.807) is 12.1 Å². The van der Waals surface area contributed by atoms with Crippen molar-refractivity contribution in [1.29, 1.82) is 0 Å². The van der Waals surface area contributed by atoms with Crippen LogP contribution in [0, 0.1) is 0 Å². The standard InChI is InChI=1S/C5H4ClNOS2/c6-3-1-2-4(10-3)7-5(8)9/h1-2H,(H2,7,8,9). The van der Waals surface area contributed by atoms with Gasteiger partial charge in [-0.3, -0.25) is 4.79 Å². The molecule has 54 valence electrons. The number of amides is 1. The maximum Gasteiger partial charge on any atom is 0.280 e. The van der Waals surface area contributed by atoms with Gasteiger partial charge in [0.2, 0.25) is 0 Å². The summed E-state index contributed by atoms with van der Waals surface area (Å²) in [6.07, 6.45) is 0. The van der Waals surface area contributed by atoms with Gasteiger partial charge in [0.1, 0.15) is 0 Å². The van der Waals surface area contributed by atoms with Crippen LogP contribution in [-0.2, 0) is 0 Å². The van der Waals surface area contributed by atoms with Crippen molar-refractivity contribution < 1.29 is 4.79 Å². The lowest BCUT2D eigenvalue weighted by atomic mass is 10.6. The number of thiophene rings is 1. The van der Waals surface area contributed by atoms with Crippen LogP contribution < -0.4 is 5.32 Å². The number of hydrogen-bond donors (Lipinski definition) is 2. The van der Waals surface area contributed by atoms with E-state index in [4.69, 9.17) is 11.6 Å². The molecular weight excluding hydrogens is 190 g/mol. The topological polar surface area (TPSA) is 29.1 Å². The Morgan fingerprint density at radius 2 is 2.40 bits per heavy atom. The van der Waals surface area contributed by atoms with Crippen LogP contribution in [0.2, 0.25) is 4.34 Å². The Kier molecular flexibility index (Phi) is 2.59. The molecule has 1 heterocycles. The van der Waals surface area contributed by atoms with Gasteiger partial charge in [0.05, 0.1) is 9.34 Å². The molecular formula is C5H4ClNOS2. The van der Waals surface area contributed by atoms with Crippen LogP contribution in [0.25, 0.3) is 0 Å². The van der Waals surface area contributed by atoms with Crippen LogP contribution in [0.4, 0.5) is 9.80 Å². The van der Waals surface area contributed by atoms with Gasteiger partial charge in [-0.1, -0.05) is 24.2 Å². The predicted molar refractivity (Wildman–Crippen MR) is 47.3 cm³/mol. The van der Waals surface area contributed by atoms with E-state index in [2.05, 4.69) is 17.9 Å². The summed E-state index contributed by atoms with van der Waals surface area (Å²) in [6, 6.07) is 3.44. The number of carbonyl (C=O) groups is 1. The molecule has 0 aliphatic carbocycles. The van der Waals surface area contributed by atoms with Crippen LogP contribution in [0.15, 0.2) is 12.1 Å². The minimum Gasteiger partial charge on any atom is -0.309 e. The lowest BCUT2D eigenvalue weighted by Crippen LogP contribution is -1.97. The molecule has 0 spiro atoms. The van der Waals surface area contributed by atoms with E-state index < -0.39 is 0 Å². The van der Waals surface area contributed by atoms with Gasteiger partial charge in [-0.2, -0.15) is 0 Å². The third-order valence-corrected chi connectivity index (χ3v) is 2.06. The normalized spacial score (nSPS) is 9.40. The van der Waals surface area contributed by atoms with E-state index in [1.165, 1.54) is 11.3 Å². The highest BCUT2D eigenvalue weighted by molar-refractivity contribution is 7.97. The fraction of sp³-hybridized carbons (Fsp3) is 0. The maximum absolute atomic E-state index is 10.3. The zero-order chi connectivity index (χ0) is 7.56. The molecule has 0 saturated heterocycles. The van der Waals surface area contributed by atoms with Crippen molar-refractivity contribution >= 4 is 45.8 Å². The SMILES string of the molecule is O=C(S)Nc1ccc(Cl)s1. The lowest BCUT2D eigenvalue weighted by Gasteiger charge is -1.91. The molecule has 0 saturated carbocycles. The first-order chi connectivity index (χ1) is 4.68. The monoisotopic (exact) mass is 193 g/mol. The van der Waals surface area contributed by atoms with Crippen molar-refractivity contribution in [2.75, 3.05) is 5.32 Å². The van der Waals surface area contributed by atoms with E-state index in [0.29, 0.717) is 9.34 Å². The highest BCUT2D eigenvalue weighted by Crippen LogP contribution is 2.25. The molecule has 0 atom stereocenters. The van der Waals surface area contributed by atoms with Crippen molar-refractivity contribution in [2.45, 2.75) is 0 Å². The molecule has 1 rings (SSSR count). The van der Waals surface area contributed by atoms with E-state index >= 15 is 0 Å². The van der Waals surface area contributed by atoms with Crippen LogP contribution in [0.3, 0.4) is 0 Å². The molecule has 10 heavy (non-hydrogen) atoms. The van der Waals surface area contributed by atoms with E-state index in [1.807, 2.05) is 0 Å². The molecule has 0 radical (unpaired) electrons. The van der Waals surface area contributed by atoms with E-state index in [-0.39, 0.29) is 5.24 Å². The fourth-order valence-corrected chi connectivity index (χ4v) is 1.62. The highest BCUT2D eigenvalue weighted by Gasteiger charge is 1.98. The summed E-state index contributed by atoms with van der Waals surface area (Å²) in [6.45, 7) is 0. The molecule has 1 aromatic heterocycles. The van der Waals surface area contributed by atoms with Gasteiger partial charge in [-0.25, -0.2) is 0 Å². The Bertz CT molecular complexity index is 248. The maximum atomic E-state index is 10.3. The van der Waals surface area contributed by atoms with Crippen molar-refractivity contribution in [3.63, 3.8) is 0 Å². The Labute approximate surface area is 72.6 Å². The first-order valence-electron chi connectivity index (χ1n) is 2.44. The molecule has 1 N–H and O–H groups in total. The van der Waals surface area contributed by atoms with Crippen LogP contribution in [0.1, 0.15) is 0 Å². The summed E-state index contributed by atoms with van der Waals surface area (Å²) in [5.41, 5.74) is 0. The average Bonchev–Trinajstić information content (AvgIpc) is 2.13. The van der Waals surface area contributed by atoms with Crippen molar-refractivity contribution in [3.05, 3.63) is 16.5 Å². The zero-order valence-corrected chi connectivity index (χ0v) is 7.26. The second-order valence-corrected chi connectivity index (χ2v) is 3.66. The third kappa shape index (κ3) is 2.21.